The summed E-state index contributed by atoms with van der Waals surface area (Å²) < 4.78 is 0. The summed E-state index contributed by atoms with van der Waals surface area (Å²) in [6, 6.07) is 0.503. The van der Waals surface area contributed by atoms with Gasteiger partial charge in [-0.25, -0.2) is 0 Å². The van der Waals surface area contributed by atoms with Crippen LogP contribution in [0.25, 0.3) is 0 Å². The van der Waals surface area contributed by atoms with Gasteiger partial charge >= 0.3 is 0 Å². The summed E-state index contributed by atoms with van der Waals surface area (Å²) >= 11 is 0. The normalized spacial score (nSPS) is 12.2. The second-order valence-corrected chi connectivity index (χ2v) is 5.02. The monoisotopic (exact) mass is 243 g/mol. The summed E-state index contributed by atoms with van der Waals surface area (Å²) in [6.07, 6.45) is 1.59. The number of hydrogen-bond donors (Lipinski definition) is 2. The van der Waals surface area contributed by atoms with Crippen molar-refractivity contribution in [2.75, 3.05) is 26.7 Å². The SMILES string of the molecule is CCC(CC)(CN)C(=O)NCCN(C)C(C)C. The molecule has 0 radical (unpaired) electrons. The first-order valence-electron chi connectivity index (χ1n) is 6.62. The fourth-order valence-corrected chi connectivity index (χ4v) is 1.74. The van der Waals surface area contributed by atoms with Crippen LogP contribution in [0.5, 0.6) is 0 Å². The first kappa shape index (κ1) is 16.4. The number of hydrogen-bond acceptors (Lipinski definition) is 3. The van der Waals surface area contributed by atoms with Crippen LogP contribution in [-0.4, -0.2) is 43.5 Å². The minimum atomic E-state index is -0.379. The van der Waals surface area contributed by atoms with Gasteiger partial charge in [0.15, 0.2) is 0 Å². The first-order chi connectivity index (χ1) is 7.93. The van der Waals surface area contributed by atoms with Crippen molar-refractivity contribution in [1.82, 2.24) is 10.2 Å². The second-order valence-electron chi connectivity index (χ2n) is 5.02. The highest BCUT2D eigenvalue weighted by molar-refractivity contribution is 5.82. The van der Waals surface area contributed by atoms with E-state index in [0.717, 1.165) is 19.4 Å². The third-order valence-corrected chi connectivity index (χ3v) is 3.86. The Morgan fingerprint density at radius 2 is 1.88 bits per heavy atom. The van der Waals surface area contributed by atoms with Gasteiger partial charge in [0, 0.05) is 25.7 Å². The molecule has 0 rings (SSSR count). The Balaban J connectivity index is 4.16. The van der Waals surface area contributed by atoms with Gasteiger partial charge < -0.3 is 16.0 Å². The van der Waals surface area contributed by atoms with Gasteiger partial charge in [0.1, 0.15) is 0 Å². The molecular formula is C13H29N3O. The molecular weight excluding hydrogens is 214 g/mol. The van der Waals surface area contributed by atoms with E-state index in [0.29, 0.717) is 19.1 Å². The molecule has 0 aliphatic rings. The summed E-state index contributed by atoms with van der Waals surface area (Å²) in [4.78, 5) is 14.3. The number of nitrogens with zero attached hydrogens (tertiary/aromatic N) is 1. The second kappa shape index (κ2) is 7.67. The summed E-state index contributed by atoms with van der Waals surface area (Å²) in [5, 5.41) is 3.00. The largest absolute Gasteiger partial charge is 0.354 e. The Morgan fingerprint density at radius 1 is 1.35 bits per heavy atom. The molecule has 4 nitrogen and oxygen atoms in total. The number of carbonyl (C=O) groups is 1. The maximum atomic E-state index is 12.1. The van der Waals surface area contributed by atoms with Crippen molar-refractivity contribution in [3.8, 4) is 0 Å². The highest BCUT2D eigenvalue weighted by Gasteiger charge is 2.32. The number of rotatable bonds is 8. The molecule has 0 saturated carbocycles. The molecule has 0 aromatic rings. The van der Waals surface area contributed by atoms with Crippen molar-refractivity contribution < 1.29 is 4.79 Å². The third kappa shape index (κ3) is 4.64. The zero-order valence-corrected chi connectivity index (χ0v) is 12.0. The van der Waals surface area contributed by atoms with Crippen LogP contribution in [-0.2, 0) is 4.79 Å². The Labute approximate surface area is 106 Å². The Hall–Kier alpha value is -0.610. The van der Waals surface area contributed by atoms with E-state index < -0.39 is 0 Å². The van der Waals surface area contributed by atoms with Crippen molar-refractivity contribution in [2.45, 2.75) is 46.6 Å². The Morgan fingerprint density at radius 3 is 2.24 bits per heavy atom. The van der Waals surface area contributed by atoms with Gasteiger partial charge in [-0.15, -0.1) is 0 Å². The fraction of sp³-hybridized carbons (Fsp3) is 0.923. The minimum absolute atomic E-state index is 0.0992. The van der Waals surface area contributed by atoms with Crippen molar-refractivity contribution in [3.63, 3.8) is 0 Å². The van der Waals surface area contributed by atoms with Gasteiger partial charge in [0.25, 0.3) is 0 Å². The lowest BCUT2D eigenvalue weighted by Gasteiger charge is -2.29. The first-order valence-corrected chi connectivity index (χ1v) is 6.62. The van der Waals surface area contributed by atoms with Crippen LogP contribution in [0.15, 0.2) is 0 Å². The fourth-order valence-electron chi connectivity index (χ4n) is 1.74. The van der Waals surface area contributed by atoms with Crippen molar-refractivity contribution in [1.29, 1.82) is 0 Å². The average Bonchev–Trinajstić information content (AvgIpc) is 2.31. The molecule has 102 valence electrons. The number of carbonyl (C=O) groups excluding carboxylic acids is 1. The van der Waals surface area contributed by atoms with E-state index in [9.17, 15) is 4.79 Å². The lowest BCUT2D eigenvalue weighted by molar-refractivity contribution is -0.131. The van der Waals surface area contributed by atoms with Crippen LogP contribution >= 0.6 is 0 Å². The van der Waals surface area contributed by atoms with E-state index in [1.165, 1.54) is 0 Å². The van der Waals surface area contributed by atoms with Gasteiger partial charge in [0.2, 0.25) is 5.91 Å². The molecule has 0 atom stereocenters. The highest BCUT2D eigenvalue weighted by Crippen LogP contribution is 2.24. The quantitative estimate of drug-likeness (QED) is 0.673. The smallest absolute Gasteiger partial charge is 0.227 e. The topological polar surface area (TPSA) is 58.4 Å². The molecule has 0 spiro atoms. The summed E-state index contributed by atoms with van der Waals surface area (Å²) in [6.45, 7) is 10.3. The predicted octanol–water partition coefficient (Wildman–Crippen LogP) is 1.21. The van der Waals surface area contributed by atoms with E-state index in [1.54, 1.807) is 0 Å². The molecule has 0 fully saturated rings. The summed E-state index contributed by atoms with van der Waals surface area (Å²) in [7, 11) is 2.06. The molecule has 3 N–H and O–H groups in total. The lowest BCUT2D eigenvalue weighted by atomic mass is 9.81. The van der Waals surface area contributed by atoms with Crippen LogP contribution in [0, 0.1) is 5.41 Å². The summed E-state index contributed by atoms with van der Waals surface area (Å²) in [5.41, 5.74) is 5.36. The molecule has 0 aliphatic heterocycles. The lowest BCUT2D eigenvalue weighted by Crippen LogP contribution is -2.47. The van der Waals surface area contributed by atoms with E-state index in [4.69, 9.17) is 5.73 Å². The molecule has 0 bridgehead atoms. The van der Waals surface area contributed by atoms with Gasteiger partial charge in [-0.3, -0.25) is 4.79 Å². The maximum Gasteiger partial charge on any atom is 0.227 e. The number of likely N-dealkylation sites (N-methyl/N-ethyl adjacent to an activating group) is 1. The standard InChI is InChI=1S/C13H29N3O/c1-6-13(7-2,10-14)12(17)15-8-9-16(5)11(3)4/h11H,6-10,14H2,1-5H3,(H,15,17). The van der Waals surface area contributed by atoms with Crippen molar-refractivity contribution in [3.05, 3.63) is 0 Å². The average molecular weight is 243 g/mol. The molecule has 1 amide bonds. The molecule has 0 aromatic heterocycles. The highest BCUT2D eigenvalue weighted by atomic mass is 16.2. The minimum Gasteiger partial charge on any atom is -0.354 e. The van der Waals surface area contributed by atoms with Gasteiger partial charge in [0.05, 0.1) is 5.41 Å². The van der Waals surface area contributed by atoms with Gasteiger partial charge in [-0.2, -0.15) is 0 Å². The number of nitrogens with one attached hydrogen (secondary N) is 1. The number of amides is 1. The molecule has 0 aromatic carbocycles. The Kier molecular flexibility index (Phi) is 7.39. The van der Waals surface area contributed by atoms with E-state index in [1.807, 2.05) is 13.8 Å². The molecule has 0 unspecified atom stereocenters. The molecule has 4 heteroatoms. The zero-order valence-electron chi connectivity index (χ0n) is 12.0. The zero-order chi connectivity index (χ0) is 13.5. The molecule has 0 aliphatic carbocycles. The number of nitrogens with two attached hydrogens (primary N) is 1. The van der Waals surface area contributed by atoms with Crippen LogP contribution in [0.2, 0.25) is 0 Å². The molecule has 17 heavy (non-hydrogen) atoms. The van der Waals surface area contributed by atoms with Crippen LogP contribution in [0.4, 0.5) is 0 Å². The van der Waals surface area contributed by atoms with E-state index in [2.05, 4.69) is 31.1 Å². The van der Waals surface area contributed by atoms with Gasteiger partial charge in [-0.1, -0.05) is 13.8 Å². The maximum absolute atomic E-state index is 12.1. The third-order valence-electron chi connectivity index (χ3n) is 3.86. The van der Waals surface area contributed by atoms with Crippen LogP contribution in [0.3, 0.4) is 0 Å². The van der Waals surface area contributed by atoms with E-state index in [-0.39, 0.29) is 11.3 Å². The van der Waals surface area contributed by atoms with Crippen molar-refractivity contribution >= 4 is 5.91 Å². The van der Waals surface area contributed by atoms with Gasteiger partial charge in [-0.05, 0) is 33.7 Å². The Bertz CT molecular complexity index is 216. The van der Waals surface area contributed by atoms with E-state index >= 15 is 0 Å². The predicted molar refractivity (Wildman–Crippen MR) is 72.8 cm³/mol. The van der Waals surface area contributed by atoms with Crippen LogP contribution < -0.4 is 11.1 Å². The van der Waals surface area contributed by atoms with Crippen molar-refractivity contribution in [2.24, 2.45) is 11.1 Å². The molecule has 0 heterocycles. The van der Waals surface area contributed by atoms with Crippen LogP contribution in [0.1, 0.15) is 40.5 Å². The summed E-state index contributed by atoms with van der Waals surface area (Å²) in [5.74, 6) is 0.0992. The molecule has 0 saturated heterocycles.